The van der Waals surface area contributed by atoms with Crippen molar-refractivity contribution in [2.24, 2.45) is 0 Å². The highest BCUT2D eigenvalue weighted by molar-refractivity contribution is 6.45. The summed E-state index contributed by atoms with van der Waals surface area (Å²) in [6.45, 7) is 5.29. The minimum Gasteiger partial charge on any atom is -0.495 e. The van der Waals surface area contributed by atoms with Gasteiger partial charge in [-0.2, -0.15) is 0 Å². The van der Waals surface area contributed by atoms with Crippen LogP contribution in [-0.2, 0) is 22.6 Å². The number of methoxy groups -OCH3 is 1. The Hall–Kier alpha value is -3.86. The van der Waals surface area contributed by atoms with Crippen molar-refractivity contribution in [2.45, 2.75) is 26.8 Å². The minimum absolute atomic E-state index is 0.307. The van der Waals surface area contributed by atoms with Gasteiger partial charge in [0, 0.05) is 13.1 Å². The number of benzene rings is 3. The van der Waals surface area contributed by atoms with Crippen molar-refractivity contribution < 1.29 is 14.3 Å². The lowest BCUT2D eigenvalue weighted by Crippen LogP contribution is -2.37. The average molecular weight is 439 g/mol. The van der Waals surface area contributed by atoms with Gasteiger partial charge in [-0.3, -0.25) is 9.59 Å². The Balaban J connectivity index is 1.67. The third-order valence-corrected chi connectivity index (χ3v) is 6.48. The number of amides is 2. The Bertz CT molecular complexity index is 1310. The molecule has 0 N–H and O–H groups in total. The third kappa shape index (κ3) is 3.50. The van der Waals surface area contributed by atoms with Crippen LogP contribution in [0.25, 0.3) is 5.57 Å². The Kier molecular flexibility index (Phi) is 5.25. The SMILES string of the molecule is COc1ccccc1N1C(=O)C(c2ccc(C)cc2C)=C(N2CCc3ccccc3C2)C1=O. The number of para-hydroxylation sites is 2. The van der Waals surface area contributed by atoms with E-state index in [2.05, 4.69) is 23.1 Å². The zero-order chi connectivity index (χ0) is 23.1. The number of hydrogen-bond donors (Lipinski definition) is 0. The van der Waals surface area contributed by atoms with E-state index in [1.807, 2.05) is 50.2 Å². The van der Waals surface area contributed by atoms with Crippen LogP contribution in [0, 0.1) is 13.8 Å². The van der Waals surface area contributed by atoms with E-state index < -0.39 is 0 Å². The lowest BCUT2D eigenvalue weighted by atomic mass is 9.95. The van der Waals surface area contributed by atoms with E-state index in [1.54, 1.807) is 19.2 Å². The van der Waals surface area contributed by atoms with Crippen molar-refractivity contribution in [2.75, 3.05) is 18.6 Å². The van der Waals surface area contributed by atoms with Gasteiger partial charge in [0.25, 0.3) is 11.8 Å². The van der Waals surface area contributed by atoms with Gasteiger partial charge in [-0.1, -0.05) is 60.2 Å². The standard InChI is InChI=1S/C28H26N2O3/c1-18-12-13-22(19(2)16-18)25-26(29-15-14-20-8-4-5-9-21(20)17-29)28(32)30(27(25)31)23-10-6-7-11-24(23)33-3/h4-13,16H,14-15,17H2,1-3H3. The Morgan fingerprint density at radius 1 is 0.848 bits per heavy atom. The van der Waals surface area contributed by atoms with Crippen LogP contribution < -0.4 is 9.64 Å². The van der Waals surface area contributed by atoms with Gasteiger partial charge in [0.05, 0.1) is 18.4 Å². The average Bonchev–Trinajstić information content (AvgIpc) is 3.08. The zero-order valence-corrected chi connectivity index (χ0v) is 19.1. The molecule has 0 saturated carbocycles. The molecule has 0 bridgehead atoms. The van der Waals surface area contributed by atoms with E-state index >= 15 is 0 Å². The summed E-state index contributed by atoms with van der Waals surface area (Å²) < 4.78 is 5.48. The normalized spacial score (nSPS) is 15.8. The maximum Gasteiger partial charge on any atom is 0.282 e. The Morgan fingerprint density at radius 3 is 2.33 bits per heavy atom. The number of nitrogens with zero attached hydrogens (tertiary/aromatic N) is 2. The fraction of sp³-hybridized carbons (Fsp3) is 0.214. The fourth-order valence-electron chi connectivity index (χ4n) is 4.87. The molecule has 0 fully saturated rings. The highest BCUT2D eigenvalue weighted by Gasteiger charge is 2.44. The third-order valence-electron chi connectivity index (χ3n) is 6.48. The quantitative estimate of drug-likeness (QED) is 0.556. The van der Waals surface area contributed by atoms with Crippen LogP contribution in [0.3, 0.4) is 0 Å². The lowest BCUT2D eigenvalue weighted by molar-refractivity contribution is -0.120. The smallest absolute Gasteiger partial charge is 0.282 e. The van der Waals surface area contributed by atoms with Gasteiger partial charge in [0.15, 0.2) is 0 Å². The number of aryl methyl sites for hydroxylation is 2. The molecule has 0 aliphatic carbocycles. The van der Waals surface area contributed by atoms with E-state index in [-0.39, 0.29) is 11.8 Å². The largest absolute Gasteiger partial charge is 0.495 e. The van der Waals surface area contributed by atoms with Gasteiger partial charge in [-0.25, -0.2) is 4.90 Å². The molecule has 5 nitrogen and oxygen atoms in total. The molecule has 2 amide bonds. The van der Waals surface area contributed by atoms with Gasteiger partial charge in [0.1, 0.15) is 11.4 Å². The van der Waals surface area contributed by atoms with Crippen molar-refractivity contribution >= 4 is 23.1 Å². The van der Waals surface area contributed by atoms with Crippen LogP contribution in [0.1, 0.15) is 27.8 Å². The molecule has 2 aliphatic rings. The van der Waals surface area contributed by atoms with Crippen molar-refractivity contribution in [3.63, 3.8) is 0 Å². The number of carbonyl (C=O) groups excluding carboxylic acids is 2. The first kappa shape index (κ1) is 21.0. The van der Waals surface area contributed by atoms with E-state index in [9.17, 15) is 9.59 Å². The van der Waals surface area contributed by atoms with Crippen molar-refractivity contribution in [1.29, 1.82) is 0 Å². The first-order chi connectivity index (χ1) is 16.0. The Labute approximate surface area is 193 Å². The second kappa shape index (κ2) is 8.24. The summed E-state index contributed by atoms with van der Waals surface area (Å²) in [6.07, 6.45) is 0.829. The molecule has 0 spiro atoms. The molecular formula is C28H26N2O3. The van der Waals surface area contributed by atoms with Gasteiger partial charge in [-0.15, -0.1) is 0 Å². The molecule has 2 aliphatic heterocycles. The molecule has 0 radical (unpaired) electrons. The second-order valence-corrected chi connectivity index (χ2v) is 8.60. The zero-order valence-electron chi connectivity index (χ0n) is 19.1. The van der Waals surface area contributed by atoms with Gasteiger partial charge in [-0.05, 0) is 54.7 Å². The predicted octanol–water partition coefficient (Wildman–Crippen LogP) is 4.65. The van der Waals surface area contributed by atoms with Crippen LogP contribution >= 0.6 is 0 Å². The highest BCUT2D eigenvalue weighted by Crippen LogP contribution is 2.40. The summed E-state index contributed by atoms with van der Waals surface area (Å²) in [6, 6.07) is 21.4. The molecular weight excluding hydrogens is 412 g/mol. The van der Waals surface area contributed by atoms with Crippen LogP contribution in [-0.4, -0.2) is 30.4 Å². The summed E-state index contributed by atoms with van der Waals surface area (Å²) in [7, 11) is 1.55. The fourth-order valence-corrected chi connectivity index (χ4v) is 4.87. The van der Waals surface area contributed by atoms with Gasteiger partial charge in [0.2, 0.25) is 0 Å². The number of ether oxygens (including phenoxy) is 1. The molecule has 0 unspecified atom stereocenters. The lowest BCUT2D eigenvalue weighted by Gasteiger charge is -2.31. The summed E-state index contributed by atoms with van der Waals surface area (Å²) >= 11 is 0. The first-order valence-corrected chi connectivity index (χ1v) is 11.1. The topological polar surface area (TPSA) is 49.9 Å². The molecule has 0 atom stereocenters. The minimum atomic E-state index is -0.315. The van der Waals surface area contributed by atoms with Crippen LogP contribution in [0.15, 0.2) is 72.4 Å². The van der Waals surface area contributed by atoms with Crippen molar-refractivity contribution in [1.82, 2.24) is 4.90 Å². The molecule has 166 valence electrons. The maximum atomic E-state index is 13.9. The highest BCUT2D eigenvalue weighted by atomic mass is 16.5. The molecule has 5 rings (SSSR count). The molecule has 3 aromatic carbocycles. The van der Waals surface area contributed by atoms with E-state index in [0.29, 0.717) is 35.8 Å². The number of fused-ring (bicyclic) bond motifs is 1. The molecule has 0 aromatic heterocycles. The van der Waals surface area contributed by atoms with Gasteiger partial charge < -0.3 is 9.64 Å². The van der Waals surface area contributed by atoms with Gasteiger partial charge >= 0.3 is 0 Å². The molecule has 33 heavy (non-hydrogen) atoms. The monoisotopic (exact) mass is 438 g/mol. The summed E-state index contributed by atoms with van der Waals surface area (Å²) in [5.41, 5.74) is 6.75. The van der Waals surface area contributed by atoms with Crippen LogP contribution in [0.5, 0.6) is 5.75 Å². The molecule has 3 aromatic rings. The number of imide groups is 1. The Morgan fingerprint density at radius 2 is 1.58 bits per heavy atom. The number of rotatable bonds is 4. The number of hydrogen-bond acceptors (Lipinski definition) is 4. The van der Waals surface area contributed by atoms with E-state index in [0.717, 1.165) is 23.1 Å². The number of carbonyl (C=O) groups is 2. The molecule has 0 saturated heterocycles. The van der Waals surface area contributed by atoms with Crippen LogP contribution in [0.4, 0.5) is 5.69 Å². The van der Waals surface area contributed by atoms with Crippen LogP contribution in [0.2, 0.25) is 0 Å². The molecule has 5 heteroatoms. The van der Waals surface area contributed by atoms with Crippen molar-refractivity contribution in [3.8, 4) is 5.75 Å². The summed E-state index contributed by atoms with van der Waals surface area (Å²) in [5, 5.41) is 0. The summed E-state index contributed by atoms with van der Waals surface area (Å²) in [4.78, 5) is 31.1. The van der Waals surface area contributed by atoms with E-state index in [1.165, 1.54) is 16.0 Å². The maximum absolute atomic E-state index is 13.9. The predicted molar refractivity (Wildman–Crippen MR) is 129 cm³/mol. The van der Waals surface area contributed by atoms with Crippen molar-refractivity contribution in [3.05, 3.63) is 100 Å². The first-order valence-electron chi connectivity index (χ1n) is 11.1. The molecule has 2 heterocycles. The summed E-state index contributed by atoms with van der Waals surface area (Å²) in [5.74, 6) is -0.131. The number of anilines is 1. The second-order valence-electron chi connectivity index (χ2n) is 8.60. The van der Waals surface area contributed by atoms with E-state index in [4.69, 9.17) is 4.74 Å².